The lowest BCUT2D eigenvalue weighted by molar-refractivity contribution is 0.0963. The molecule has 0 unspecified atom stereocenters. The zero-order valence-electron chi connectivity index (χ0n) is 8.34. The van der Waals surface area contributed by atoms with E-state index in [1.54, 1.807) is 24.1 Å². The largest absolute Gasteiger partial charge is 0.355 e. The fraction of sp³-hybridized carbons (Fsp3) is 0.0909. The van der Waals surface area contributed by atoms with Crippen LogP contribution in [0.5, 0.6) is 0 Å². The maximum atomic E-state index is 11.3. The minimum atomic E-state index is -0.128. The van der Waals surface area contributed by atoms with Gasteiger partial charge in [-0.25, -0.2) is 4.68 Å². The van der Waals surface area contributed by atoms with E-state index >= 15 is 0 Å². The van der Waals surface area contributed by atoms with E-state index in [1.807, 2.05) is 30.3 Å². The van der Waals surface area contributed by atoms with Gasteiger partial charge in [-0.15, -0.1) is 0 Å². The Morgan fingerprint density at radius 1 is 1.33 bits per heavy atom. The van der Waals surface area contributed by atoms with Crippen LogP contribution in [0.25, 0.3) is 5.69 Å². The Balaban J connectivity index is 2.32. The summed E-state index contributed by atoms with van der Waals surface area (Å²) in [5, 5.41) is 6.67. The maximum Gasteiger partial charge on any atom is 0.254 e. The molecule has 0 fully saturated rings. The van der Waals surface area contributed by atoms with Gasteiger partial charge in [-0.3, -0.25) is 4.79 Å². The molecule has 76 valence electrons. The van der Waals surface area contributed by atoms with Gasteiger partial charge in [0.15, 0.2) is 0 Å². The molecule has 1 heterocycles. The SMILES string of the molecule is CNC(=O)c1cnn(-c2ccccc2)c1. The lowest BCUT2D eigenvalue weighted by atomic mass is 10.3. The molecule has 1 N–H and O–H groups in total. The molecule has 0 aliphatic rings. The van der Waals surface area contributed by atoms with Crippen LogP contribution in [0.3, 0.4) is 0 Å². The Kier molecular flexibility index (Phi) is 2.49. The Bertz CT molecular complexity index is 462. The summed E-state index contributed by atoms with van der Waals surface area (Å²) < 4.78 is 1.67. The van der Waals surface area contributed by atoms with E-state index in [0.29, 0.717) is 5.56 Å². The number of para-hydroxylation sites is 1. The third-order valence-corrected chi connectivity index (χ3v) is 2.09. The van der Waals surface area contributed by atoms with Crippen molar-refractivity contribution < 1.29 is 4.79 Å². The summed E-state index contributed by atoms with van der Waals surface area (Å²) in [5.74, 6) is -0.128. The minimum absolute atomic E-state index is 0.128. The molecule has 0 saturated heterocycles. The van der Waals surface area contributed by atoms with E-state index in [9.17, 15) is 4.79 Å². The zero-order chi connectivity index (χ0) is 10.7. The summed E-state index contributed by atoms with van der Waals surface area (Å²) in [5.41, 5.74) is 1.49. The van der Waals surface area contributed by atoms with Crippen LogP contribution >= 0.6 is 0 Å². The Morgan fingerprint density at radius 3 is 2.73 bits per heavy atom. The van der Waals surface area contributed by atoms with Gasteiger partial charge in [0.25, 0.3) is 5.91 Å². The second-order valence-corrected chi connectivity index (χ2v) is 3.09. The smallest absolute Gasteiger partial charge is 0.254 e. The van der Waals surface area contributed by atoms with Crippen molar-refractivity contribution >= 4 is 5.91 Å². The van der Waals surface area contributed by atoms with Crippen molar-refractivity contribution in [1.29, 1.82) is 0 Å². The average molecular weight is 201 g/mol. The van der Waals surface area contributed by atoms with E-state index in [-0.39, 0.29) is 5.91 Å². The molecule has 1 amide bonds. The molecule has 0 spiro atoms. The van der Waals surface area contributed by atoms with E-state index in [4.69, 9.17) is 0 Å². The predicted octanol–water partition coefficient (Wildman–Crippen LogP) is 1.23. The van der Waals surface area contributed by atoms with Crippen molar-refractivity contribution in [2.75, 3.05) is 7.05 Å². The molecule has 1 aromatic heterocycles. The first kappa shape index (κ1) is 9.45. The lowest BCUT2D eigenvalue weighted by Gasteiger charge is -1.98. The van der Waals surface area contributed by atoms with Crippen molar-refractivity contribution in [1.82, 2.24) is 15.1 Å². The molecular formula is C11H11N3O. The summed E-state index contributed by atoms with van der Waals surface area (Å²) in [4.78, 5) is 11.3. The topological polar surface area (TPSA) is 46.9 Å². The fourth-order valence-corrected chi connectivity index (χ4v) is 1.31. The molecule has 0 saturated carbocycles. The van der Waals surface area contributed by atoms with Gasteiger partial charge >= 0.3 is 0 Å². The Labute approximate surface area is 87.5 Å². The number of rotatable bonds is 2. The molecule has 4 nitrogen and oxygen atoms in total. The molecule has 4 heteroatoms. The second-order valence-electron chi connectivity index (χ2n) is 3.09. The minimum Gasteiger partial charge on any atom is -0.355 e. The second kappa shape index (κ2) is 3.96. The molecule has 0 aliphatic carbocycles. The number of nitrogens with zero attached hydrogens (tertiary/aromatic N) is 2. The van der Waals surface area contributed by atoms with Crippen molar-refractivity contribution in [3.8, 4) is 5.69 Å². The highest BCUT2D eigenvalue weighted by Crippen LogP contribution is 2.07. The van der Waals surface area contributed by atoms with Crippen LogP contribution in [0.1, 0.15) is 10.4 Å². The van der Waals surface area contributed by atoms with Crippen LogP contribution in [0, 0.1) is 0 Å². The summed E-state index contributed by atoms with van der Waals surface area (Å²) in [6.45, 7) is 0. The van der Waals surface area contributed by atoms with E-state index in [0.717, 1.165) is 5.69 Å². The number of aromatic nitrogens is 2. The molecule has 0 radical (unpaired) electrons. The van der Waals surface area contributed by atoms with Gasteiger partial charge in [0, 0.05) is 13.2 Å². The fourth-order valence-electron chi connectivity index (χ4n) is 1.31. The molecule has 0 bridgehead atoms. The van der Waals surface area contributed by atoms with E-state index < -0.39 is 0 Å². The third kappa shape index (κ3) is 1.88. The summed E-state index contributed by atoms with van der Waals surface area (Å²) >= 11 is 0. The monoisotopic (exact) mass is 201 g/mol. The van der Waals surface area contributed by atoms with Crippen LogP contribution in [0.15, 0.2) is 42.7 Å². The van der Waals surface area contributed by atoms with Gasteiger partial charge in [-0.05, 0) is 12.1 Å². The van der Waals surface area contributed by atoms with Gasteiger partial charge in [0.05, 0.1) is 17.4 Å². The lowest BCUT2D eigenvalue weighted by Crippen LogP contribution is -2.16. The van der Waals surface area contributed by atoms with Crippen LogP contribution in [-0.4, -0.2) is 22.7 Å². The van der Waals surface area contributed by atoms with Crippen LogP contribution in [0.2, 0.25) is 0 Å². The van der Waals surface area contributed by atoms with Crippen molar-refractivity contribution in [3.05, 3.63) is 48.3 Å². The first-order valence-electron chi connectivity index (χ1n) is 4.63. The highest BCUT2D eigenvalue weighted by atomic mass is 16.1. The first-order chi connectivity index (χ1) is 7.31. The number of hydrogen-bond acceptors (Lipinski definition) is 2. The number of amides is 1. The molecule has 0 atom stereocenters. The molecule has 15 heavy (non-hydrogen) atoms. The van der Waals surface area contributed by atoms with E-state index in [2.05, 4.69) is 10.4 Å². The quantitative estimate of drug-likeness (QED) is 0.794. The molecule has 0 aliphatic heterocycles. The molecule has 1 aromatic carbocycles. The van der Waals surface area contributed by atoms with Gasteiger partial charge in [-0.1, -0.05) is 18.2 Å². The number of carbonyl (C=O) groups is 1. The molecule has 2 rings (SSSR count). The summed E-state index contributed by atoms with van der Waals surface area (Å²) in [6.07, 6.45) is 3.25. The van der Waals surface area contributed by atoms with Gasteiger partial charge in [-0.2, -0.15) is 5.10 Å². The number of hydrogen-bond donors (Lipinski definition) is 1. The summed E-state index contributed by atoms with van der Waals surface area (Å²) in [7, 11) is 1.60. The number of carbonyl (C=O) groups excluding carboxylic acids is 1. The number of benzene rings is 1. The Morgan fingerprint density at radius 2 is 2.07 bits per heavy atom. The summed E-state index contributed by atoms with van der Waals surface area (Å²) in [6, 6.07) is 9.65. The van der Waals surface area contributed by atoms with Crippen LogP contribution in [0.4, 0.5) is 0 Å². The molecular weight excluding hydrogens is 190 g/mol. The van der Waals surface area contributed by atoms with E-state index in [1.165, 1.54) is 0 Å². The highest BCUT2D eigenvalue weighted by Gasteiger charge is 2.06. The third-order valence-electron chi connectivity index (χ3n) is 2.09. The van der Waals surface area contributed by atoms with Crippen molar-refractivity contribution in [2.45, 2.75) is 0 Å². The van der Waals surface area contributed by atoms with Crippen molar-refractivity contribution in [2.24, 2.45) is 0 Å². The first-order valence-corrected chi connectivity index (χ1v) is 4.63. The standard InChI is InChI=1S/C11H11N3O/c1-12-11(15)9-7-13-14(8-9)10-5-3-2-4-6-10/h2-8H,1H3,(H,12,15). The maximum absolute atomic E-state index is 11.3. The van der Waals surface area contributed by atoms with Gasteiger partial charge < -0.3 is 5.32 Å². The van der Waals surface area contributed by atoms with Crippen LogP contribution in [-0.2, 0) is 0 Å². The Hall–Kier alpha value is -2.10. The van der Waals surface area contributed by atoms with Gasteiger partial charge in [0.1, 0.15) is 0 Å². The van der Waals surface area contributed by atoms with Crippen molar-refractivity contribution in [3.63, 3.8) is 0 Å². The highest BCUT2D eigenvalue weighted by molar-refractivity contribution is 5.93. The normalized spacial score (nSPS) is 9.93. The number of nitrogens with one attached hydrogen (secondary N) is 1. The van der Waals surface area contributed by atoms with Gasteiger partial charge in [0.2, 0.25) is 0 Å². The van der Waals surface area contributed by atoms with Crippen LogP contribution < -0.4 is 5.32 Å². The average Bonchev–Trinajstić information content (AvgIpc) is 2.78. The zero-order valence-corrected chi connectivity index (χ0v) is 8.34. The predicted molar refractivity (Wildman–Crippen MR) is 57.0 cm³/mol. The molecule has 2 aromatic rings.